The molecule has 4 aromatic rings. The lowest BCUT2D eigenvalue weighted by molar-refractivity contribution is 0.261. The van der Waals surface area contributed by atoms with Gasteiger partial charge in [0.05, 0.1) is 12.0 Å². The van der Waals surface area contributed by atoms with Gasteiger partial charge in [0.25, 0.3) is 0 Å². The van der Waals surface area contributed by atoms with Crippen LogP contribution in [0.25, 0.3) is 16.2 Å². The Morgan fingerprint density at radius 3 is 3.00 bits per heavy atom. The van der Waals surface area contributed by atoms with Crippen molar-refractivity contribution >= 4 is 33.9 Å². The number of nitrogens with zero attached hydrogens (tertiary/aromatic N) is 2. The molecule has 0 saturated heterocycles. The number of nitrogens with one attached hydrogen (secondary N) is 2. The number of imidazole rings is 1. The standard InChI is InChI=1S/C16H12N4O2S/c21-15(19-14-5-2-7-22-14)17-12-4-1-3-11(9-12)13-10-20-6-8-23-16(20)18-13/h1-10H,(H2,17,19,21). The summed E-state index contributed by atoms with van der Waals surface area (Å²) in [6.45, 7) is 0. The van der Waals surface area contributed by atoms with Crippen LogP contribution in [0.3, 0.4) is 0 Å². The van der Waals surface area contributed by atoms with E-state index in [1.54, 1.807) is 23.5 Å². The average molecular weight is 324 g/mol. The second kappa shape index (κ2) is 5.62. The Kier molecular flexibility index (Phi) is 3.32. The first-order valence-electron chi connectivity index (χ1n) is 6.92. The SMILES string of the molecule is O=C(Nc1cccc(-c2cn3ccsc3n2)c1)Nc1ccco1. The van der Waals surface area contributed by atoms with Gasteiger partial charge in [-0.2, -0.15) is 0 Å². The van der Waals surface area contributed by atoms with E-state index in [0.717, 1.165) is 16.2 Å². The number of aromatic nitrogens is 2. The van der Waals surface area contributed by atoms with Crippen molar-refractivity contribution in [3.63, 3.8) is 0 Å². The van der Waals surface area contributed by atoms with Crippen LogP contribution in [-0.4, -0.2) is 15.4 Å². The van der Waals surface area contributed by atoms with Gasteiger partial charge in [0.15, 0.2) is 4.96 Å². The number of carbonyl (C=O) groups excluding carboxylic acids is 1. The van der Waals surface area contributed by atoms with E-state index >= 15 is 0 Å². The molecule has 23 heavy (non-hydrogen) atoms. The minimum atomic E-state index is -0.358. The van der Waals surface area contributed by atoms with E-state index in [1.807, 2.05) is 46.4 Å². The summed E-state index contributed by atoms with van der Waals surface area (Å²) in [5.74, 6) is 0.396. The Morgan fingerprint density at radius 2 is 2.17 bits per heavy atom. The van der Waals surface area contributed by atoms with Crippen LogP contribution in [0.5, 0.6) is 0 Å². The molecular formula is C16H12N4O2S. The highest BCUT2D eigenvalue weighted by molar-refractivity contribution is 7.15. The van der Waals surface area contributed by atoms with Gasteiger partial charge >= 0.3 is 6.03 Å². The summed E-state index contributed by atoms with van der Waals surface area (Å²) < 4.78 is 7.05. The minimum Gasteiger partial charge on any atom is -0.449 e. The Morgan fingerprint density at radius 1 is 1.22 bits per heavy atom. The number of rotatable bonds is 3. The van der Waals surface area contributed by atoms with Crippen LogP contribution >= 0.6 is 11.3 Å². The van der Waals surface area contributed by atoms with Gasteiger partial charge in [0.2, 0.25) is 5.88 Å². The van der Waals surface area contributed by atoms with Gasteiger partial charge in [-0.15, -0.1) is 11.3 Å². The van der Waals surface area contributed by atoms with Gasteiger partial charge < -0.3 is 9.73 Å². The predicted octanol–water partition coefficient (Wildman–Crippen LogP) is 4.30. The van der Waals surface area contributed by atoms with Gasteiger partial charge in [-0.3, -0.25) is 9.72 Å². The number of fused-ring (bicyclic) bond motifs is 1. The third-order valence-electron chi connectivity index (χ3n) is 3.27. The molecule has 4 rings (SSSR count). The summed E-state index contributed by atoms with van der Waals surface area (Å²) in [6, 6.07) is 10.6. The quantitative estimate of drug-likeness (QED) is 0.590. The van der Waals surface area contributed by atoms with Crippen molar-refractivity contribution in [2.45, 2.75) is 0 Å². The van der Waals surface area contributed by atoms with E-state index < -0.39 is 0 Å². The van der Waals surface area contributed by atoms with Crippen molar-refractivity contribution < 1.29 is 9.21 Å². The van der Waals surface area contributed by atoms with Crippen LogP contribution in [0, 0.1) is 0 Å². The van der Waals surface area contributed by atoms with E-state index in [4.69, 9.17) is 4.42 Å². The maximum absolute atomic E-state index is 11.9. The molecule has 6 nitrogen and oxygen atoms in total. The van der Waals surface area contributed by atoms with Crippen molar-refractivity contribution in [3.05, 3.63) is 60.4 Å². The number of amides is 2. The van der Waals surface area contributed by atoms with Gasteiger partial charge in [-0.25, -0.2) is 9.78 Å². The average Bonchev–Trinajstić information content (AvgIpc) is 3.23. The molecule has 0 atom stereocenters. The molecular weight excluding hydrogens is 312 g/mol. The van der Waals surface area contributed by atoms with Crippen molar-refractivity contribution in [3.8, 4) is 11.3 Å². The predicted molar refractivity (Wildman–Crippen MR) is 89.9 cm³/mol. The molecule has 0 fully saturated rings. The molecule has 0 aliphatic heterocycles. The van der Waals surface area contributed by atoms with Crippen LogP contribution in [0.4, 0.5) is 16.4 Å². The van der Waals surface area contributed by atoms with Crippen LogP contribution in [0.15, 0.2) is 64.9 Å². The molecule has 3 heterocycles. The maximum atomic E-state index is 11.9. The molecule has 0 saturated carbocycles. The monoisotopic (exact) mass is 324 g/mol. The maximum Gasteiger partial charge on any atom is 0.326 e. The van der Waals surface area contributed by atoms with Crippen LogP contribution in [0.1, 0.15) is 0 Å². The molecule has 2 N–H and O–H groups in total. The molecule has 114 valence electrons. The number of urea groups is 1. The topological polar surface area (TPSA) is 71.6 Å². The Hall–Kier alpha value is -3.06. The third kappa shape index (κ3) is 2.82. The second-order valence-corrected chi connectivity index (χ2v) is 5.73. The van der Waals surface area contributed by atoms with E-state index in [2.05, 4.69) is 15.6 Å². The van der Waals surface area contributed by atoms with Crippen LogP contribution in [-0.2, 0) is 0 Å². The first kappa shape index (κ1) is 13.6. The summed E-state index contributed by atoms with van der Waals surface area (Å²) in [5.41, 5.74) is 2.49. The molecule has 0 aliphatic carbocycles. The first-order chi connectivity index (χ1) is 11.3. The number of anilines is 2. The fourth-order valence-electron chi connectivity index (χ4n) is 2.25. The van der Waals surface area contributed by atoms with Gasteiger partial charge in [-0.05, 0) is 18.2 Å². The highest BCUT2D eigenvalue weighted by Crippen LogP contribution is 2.24. The molecule has 3 aromatic heterocycles. The fourth-order valence-corrected chi connectivity index (χ4v) is 2.95. The molecule has 2 amide bonds. The summed E-state index contributed by atoms with van der Waals surface area (Å²) >= 11 is 1.58. The summed E-state index contributed by atoms with van der Waals surface area (Å²) in [5, 5.41) is 7.38. The third-order valence-corrected chi connectivity index (χ3v) is 4.04. The molecule has 0 bridgehead atoms. The molecule has 0 spiro atoms. The van der Waals surface area contributed by atoms with Crippen molar-refractivity contribution in [2.75, 3.05) is 10.6 Å². The number of hydrogen-bond donors (Lipinski definition) is 2. The second-order valence-electron chi connectivity index (χ2n) is 4.86. The van der Waals surface area contributed by atoms with Crippen LogP contribution in [0.2, 0.25) is 0 Å². The zero-order chi connectivity index (χ0) is 15.6. The van der Waals surface area contributed by atoms with E-state index in [1.165, 1.54) is 6.26 Å². The molecule has 0 unspecified atom stereocenters. The molecule has 0 aliphatic rings. The normalized spacial score (nSPS) is 10.8. The number of furan rings is 1. The Balaban J connectivity index is 1.54. The summed E-state index contributed by atoms with van der Waals surface area (Å²) in [6.07, 6.45) is 5.43. The van der Waals surface area contributed by atoms with E-state index in [9.17, 15) is 4.79 Å². The number of carbonyl (C=O) groups is 1. The van der Waals surface area contributed by atoms with Gasteiger partial charge in [0.1, 0.15) is 0 Å². The summed E-state index contributed by atoms with van der Waals surface area (Å²) in [7, 11) is 0. The number of benzene rings is 1. The number of thiazole rings is 1. The lowest BCUT2D eigenvalue weighted by Crippen LogP contribution is -2.18. The largest absolute Gasteiger partial charge is 0.449 e. The first-order valence-corrected chi connectivity index (χ1v) is 7.80. The Bertz CT molecular complexity index is 927. The number of hydrogen-bond acceptors (Lipinski definition) is 4. The molecule has 7 heteroatoms. The summed E-state index contributed by atoms with van der Waals surface area (Å²) in [4.78, 5) is 17.4. The lowest BCUT2D eigenvalue weighted by Gasteiger charge is -2.06. The van der Waals surface area contributed by atoms with Crippen molar-refractivity contribution in [1.82, 2.24) is 9.38 Å². The van der Waals surface area contributed by atoms with Crippen LogP contribution < -0.4 is 10.6 Å². The minimum absolute atomic E-state index is 0.358. The zero-order valence-corrected chi connectivity index (χ0v) is 12.7. The van der Waals surface area contributed by atoms with Gasteiger partial charge in [0, 0.05) is 35.1 Å². The van der Waals surface area contributed by atoms with E-state index in [0.29, 0.717) is 11.6 Å². The fraction of sp³-hybridized carbons (Fsp3) is 0. The Labute approximate surface area is 135 Å². The molecule has 0 radical (unpaired) electrons. The highest BCUT2D eigenvalue weighted by Gasteiger charge is 2.08. The van der Waals surface area contributed by atoms with E-state index in [-0.39, 0.29) is 6.03 Å². The molecule has 1 aromatic carbocycles. The van der Waals surface area contributed by atoms with Crippen molar-refractivity contribution in [2.24, 2.45) is 0 Å². The zero-order valence-electron chi connectivity index (χ0n) is 11.9. The van der Waals surface area contributed by atoms with Crippen molar-refractivity contribution in [1.29, 1.82) is 0 Å². The van der Waals surface area contributed by atoms with Gasteiger partial charge in [-0.1, -0.05) is 12.1 Å². The highest BCUT2D eigenvalue weighted by atomic mass is 32.1. The smallest absolute Gasteiger partial charge is 0.326 e. The lowest BCUT2D eigenvalue weighted by atomic mass is 10.1.